The van der Waals surface area contributed by atoms with E-state index in [1.165, 1.54) is 0 Å². The minimum Gasteiger partial charge on any atom is -0.427 e. The fraction of sp³-hybridized carbons (Fsp3) is 0.300. The molecule has 0 amide bonds. The molecule has 0 fully saturated rings. The van der Waals surface area contributed by atoms with Crippen molar-refractivity contribution in [1.82, 2.24) is 0 Å². The summed E-state index contributed by atoms with van der Waals surface area (Å²) in [6.45, 7) is 3.90. The molecular weight excluding hydrogens is 350 g/mol. The number of hydrogen-bond acceptors (Lipinski definition) is 4. The summed E-state index contributed by atoms with van der Waals surface area (Å²) in [5.41, 5.74) is 0. The molecule has 0 aliphatic carbocycles. The summed E-state index contributed by atoms with van der Waals surface area (Å²) in [6, 6.07) is 18.2. The monoisotopic (exact) mass is 374 g/mol. The molecular formula is C20H24Na2O4. The van der Waals surface area contributed by atoms with Crippen LogP contribution in [0, 0.1) is 0 Å². The molecule has 130 valence electrons. The van der Waals surface area contributed by atoms with Crippen LogP contribution in [0.1, 0.15) is 39.5 Å². The van der Waals surface area contributed by atoms with Gasteiger partial charge in [-0.1, -0.05) is 50.2 Å². The quantitative estimate of drug-likeness (QED) is 0.435. The van der Waals surface area contributed by atoms with Crippen LogP contribution in [0.15, 0.2) is 60.7 Å². The molecule has 26 heavy (non-hydrogen) atoms. The van der Waals surface area contributed by atoms with E-state index >= 15 is 0 Å². The van der Waals surface area contributed by atoms with E-state index in [0.29, 0.717) is 24.3 Å². The fourth-order valence-corrected chi connectivity index (χ4v) is 1.75. The van der Waals surface area contributed by atoms with E-state index in [2.05, 4.69) is 0 Å². The average Bonchev–Trinajstić information content (AvgIpc) is 2.58. The van der Waals surface area contributed by atoms with Crippen molar-refractivity contribution in [3.05, 3.63) is 60.7 Å². The van der Waals surface area contributed by atoms with Gasteiger partial charge in [0.1, 0.15) is 11.5 Å². The van der Waals surface area contributed by atoms with Gasteiger partial charge >= 0.3 is 11.9 Å². The van der Waals surface area contributed by atoms with Crippen molar-refractivity contribution in [3.63, 3.8) is 0 Å². The zero-order valence-electron chi connectivity index (χ0n) is 16.2. The summed E-state index contributed by atoms with van der Waals surface area (Å²) < 4.78 is 10.0. The molecule has 0 saturated carbocycles. The van der Waals surface area contributed by atoms with Gasteiger partial charge in [-0.15, -0.1) is 0 Å². The summed E-state index contributed by atoms with van der Waals surface area (Å²) in [6.07, 6.45) is 2.61. The van der Waals surface area contributed by atoms with Crippen molar-refractivity contribution >= 4 is 71.1 Å². The molecule has 2 radical (unpaired) electrons. The molecule has 0 N–H and O–H groups in total. The molecule has 2 rings (SSSR count). The first kappa shape index (κ1) is 27.6. The Kier molecular flexibility index (Phi) is 18.9. The molecule has 0 aliphatic rings. The molecule has 0 heterocycles. The maximum atomic E-state index is 11.0. The Labute approximate surface area is 200 Å². The van der Waals surface area contributed by atoms with Crippen LogP contribution in [0.2, 0.25) is 0 Å². The van der Waals surface area contributed by atoms with Crippen LogP contribution in [-0.4, -0.2) is 71.1 Å². The van der Waals surface area contributed by atoms with Crippen LogP contribution < -0.4 is 9.47 Å². The van der Waals surface area contributed by atoms with Gasteiger partial charge in [0.25, 0.3) is 0 Å². The van der Waals surface area contributed by atoms with E-state index < -0.39 is 0 Å². The van der Waals surface area contributed by atoms with Crippen LogP contribution in [0.4, 0.5) is 0 Å². The molecule has 6 heteroatoms. The molecule has 0 aromatic heterocycles. The Morgan fingerprint density at radius 3 is 1.23 bits per heavy atom. The van der Waals surface area contributed by atoms with Crippen LogP contribution >= 0.6 is 0 Å². The van der Waals surface area contributed by atoms with Gasteiger partial charge in [0.2, 0.25) is 0 Å². The Hall–Kier alpha value is -0.620. The standard InChI is InChI=1S/2C10H12O2.2Na/c2*1-2-6-10(11)12-9-7-4-3-5-8-9;;/h2*3-5,7-8H,2,6H2,1H3;;. The Balaban J connectivity index is 0. The molecule has 2 aromatic rings. The smallest absolute Gasteiger partial charge is 0.311 e. The molecule has 2 aromatic carbocycles. The maximum absolute atomic E-state index is 11.0. The van der Waals surface area contributed by atoms with Crippen LogP contribution in [-0.2, 0) is 9.59 Å². The normalized spacial score (nSPS) is 8.69. The van der Waals surface area contributed by atoms with Gasteiger partial charge in [-0.2, -0.15) is 0 Å². The number of carbonyl (C=O) groups is 2. The average molecular weight is 374 g/mol. The third-order valence-corrected chi connectivity index (χ3v) is 2.86. The Morgan fingerprint density at radius 1 is 0.654 bits per heavy atom. The molecule has 0 spiro atoms. The second kappa shape index (κ2) is 17.8. The zero-order valence-corrected chi connectivity index (χ0v) is 20.2. The first-order valence-corrected chi connectivity index (χ1v) is 8.17. The fourth-order valence-electron chi connectivity index (χ4n) is 1.75. The molecule has 0 unspecified atom stereocenters. The van der Waals surface area contributed by atoms with Crippen molar-refractivity contribution in [1.29, 1.82) is 0 Å². The van der Waals surface area contributed by atoms with E-state index in [1.807, 2.05) is 50.2 Å². The third kappa shape index (κ3) is 13.6. The van der Waals surface area contributed by atoms with Crippen molar-refractivity contribution in [3.8, 4) is 11.5 Å². The van der Waals surface area contributed by atoms with E-state index in [0.717, 1.165) is 12.8 Å². The number of hydrogen-bond donors (Lipinski definition) is 0. The second-order valence-corrected chi connectivity index (χ2v) is 5.07. The third-order valence-electron chi connectivity index (χ3n) is 2.86. The Bertz CT molecular complexity index is 548. The van der Waals surface area contributed by atoms with Gasteiger partial charge in [-0.25, -0.2) is 0 Å². The van der Waals surface area contributed by atoms with E-state index in [1.54, 1.807) is 24.3 Å². The van der Waals surface area contributed by atoms with Gasteiger partial charge in [0.15, 0.2) is 0 Å². The van der Waals surface area contributed by atoms with Crippen molar-refractivity contribution in [2.45, 2.75) is 39.5 Å². The zero-order chi connectivity index (χ0) is 17.6. The number of ether oxygens (including phenoxy) is 2. The Morgan fingerprint density at radius 2 is 0.962 bits per heavy atom. The number of esters is 2. The first-order chi connectivity index (χ1) is 11.7. The van der Waals surface area contributed by atoms with Gasteiger partial charge in [-0.05, 0) is 37.1 Å². The van der Waals surface area contributed by atoms with Crippen LogP contribution in [0.3, 0.4) is 0 Å². The first-order valence-electron chi connectivity index (χ1n) is 8.17. The topological polar surface area (TPSA) is 52.6 Å². The van der Waals surface area contributed by atoms with E-state index in [-0.39, 0.29) is 71.1 Å². The summed E-state index contributed by atoms with van der Waals surface area (Å²) in [5, 5.41) is 0. The van der Waals surface area contributed by atoms with Crippen molar-refractivity contribution in [2.75, 3.05) is 0 Å². The molecule has 0 saturated heterocycles. The number of rotatable bonds is 6. The van der Waals surface area contributed by atoms with E-state index in [9.17, 15) is 9.59 Å². The van der Waals surface area contributed by atoms with Gasteiger partial charge in [-0.3, -0.25) is 9.59 Å². The number of para-hydroxylation sites is 2. The van der Waals surface area contributed by atoms with E-state index in [4.69, 9.17) is 9.47 Å². The summed E-state index contributed by atoms with van der Waals surface area (Å²) >= 11 is 0. The molecule has 0 bridgehead atoms. The maximum Gasteiger partial charge on any atom is 0.311 e. The van der Waals surface area contributed by atoms with Gasteiger partial charge < -0.3 is 9.47 Å². The summed E-state index contributed by atoms with van der Waals surface area (Å²) in [7, 11) is 0. The minimum absolute atomic E-state index is 0. The predicted octanol–water partition coefficient (Wildman–Crippen LogP) is 4.02. The number of benzene rings is 2. The van der Waals surface area contributed by atoms with Gasteiger partial charge in [0.05, 0.1) is 0 Å². The van der Waals surface area contributed by atoms with Crippen molar-refractivity contribution in [2.24, 2.45) is 0 Å². The SMILES string of the molecule is CCCC(=O)Oc1ccccc1.CCCC(=O)Oc1ccccc1.[Na].[Na]. The van der Waals surface area contributed by atoms with Crippen LogP contribution in [0.5, 0.6) is 11.5 Å². The minimum atomic E-state index is -0.163. The molecule has 4 nitrogen and oxygen atoms in total. The molecule has 0 aliphatic heterocycles. The summed E-state index contributed by atoms with van der Waals surface area (Å²) in [4.78, 5) is 22.0. The second-order valence-electron chi connectivity index (χ2n) is 5.07. The largest absolute Gasteiger partial charge is 0.427 e. The molecule has 0 atom stereocenters. The summed E-state index contributed by atoms with van der Waals surface area (Å²) in [5.74, 6) is 0.916. The predicted molar refractivity (Wildman–Crippen MR) is 105 cm³/mol. The van der Waals surface area contributed by atoms with Crippen LogP contribution in [0.25, 0.3) is 0 Å². The van der Waals surface area contributed by atoms with Gasteiger partial charge in [0, 0.05) is 72.0 Å². The van der Waals surface area contributed by atoms with Crippen molar-refractivity contribution < 1.29 is 19.1 Å². The number of carbonyl (C=O) groups excluding carboxylic acids is 2.